The van der Waals surface area contributed by atoms with Gasteiger partial charge in [0.15, 0.2) is 0 Å². The van der Waals surface area contributed by atoms with Gasteiger partial charge in [0.25, 0.3) is 0 Å². The van der Waals surface area contributed by atoms with Crippen LogP contribution in [0.3, 0.4) is 0 Å². The van der Waals surface area contributed by atoms with Crippen LogP contribution in [0, 0.1) is 0 Å². The van der Waals surface area contributed by atoms with Crippen molar-refractivity contribution in [2.75, 3.05) is 18.9 Å². The number of rotatable bonds is 24. The molecule has 0 bridgehead atoms. The van der Waals surface area contributed by atoms with Crippen LogP contribution in [0.4, 0.5) is 0 Å². The highest BCUT2D eigenvalue weighted by molar-refractivity contribution is 8.00. The SMILES string of the molecule is C.CC(=O)OCC1c2ccccc2-c2ccc(CC(=O)CCN3C(=O)CC(SCCCCCCCCCCCCCCCC(=O)O)C3=O)cc21.O=S(=O)=O. The van der Waals surface area contributed by atoms with Crippen molar-refractivity contribution in [2.45, 2.75) is 135 Å². The van der Waals surface area contributed by atoms with E-state index in [1.54, 1.807) is 11.8 Å². The van der Waals surface area contributed by atoms with Crippen molar-refractivity contribution in [1.82, 2.24) is 4.90 Å². The van der Waals surface area contributed by atoms with Crippen molar-refractivity contribution in [3.8, 4) is 11.1 Å². The smallest absolute Gasteiger partial charge is 0.425 e. The molecule has 0 saturated carbocycles. The van der Waals surface area contributed by atoms with E-state index in [0.717, 1.165) is 65.7 Å². The summed E-state index contributed by atoms with van der Waals surface area (Å²) in [6.45, 7) is 1.78. The summed E-state index contributed by atoms with van der Waals surface area (Å²) in [5.74, 6) is -0.602. The second-order valence-corrected chi connectivity index (χ2v) is 15.4. The van der Waals surface area contributed by atoms with Gasteiger partial charge in [-0.25, -0.2) is 0 Å². The monoisotopic (exact) mass is 787 g/mol. The molecule has 0 aromatic heterocycles. The van der Waals surface area contributed by atoms with E-state index >= 15 is 0 Å². The van der Waals surface area contributed by atoms with Gasteiger partial charge in [-0.1, -0.05) is 121 Å². The molecule has 2 aromatic carbocycles. The van der Waals surface area contributed by atoms with Crippen LogP contribution in [0.25, 0.3) is 11.1 Å². The Kier molecular flexibility index (Phi) is 21.7. The van der Waals surface area contributed by atoms with Crippen LogP contribution in [0.15, 0.2) is 42.5 Å². The molecule has 1 aliphatic carbocycles. The molecule has 1 saturated heterocycles. The number of imide groups is 1. The number of unbranched alkanes of at least 4 members (excludes halogenated alkanes) is 12. The number of amides is 2. The number of benzene rings is 2. The highest BCUT2D eigenvalue weighted by Gasteiger charge is 2.38. The van der Waals surface area contributed by atoms with Gasteiger partial charge in [0.1, 0.15) is 12.4 Å². The van der Waals surface area contributed by atoms with Gasteiger partial charge in [-0.05, 0) is 46.4 Å². The minimum Gasteiger partial charge on any atom is -0.481 e. The van der Waals surface area contributed by atoms with Crippen LogP contribution in [-0.4, -0.2) is 76.3 Å². The molecule has 1 aliphatic heterocycles. The molecule has 13 heteroatoms. The topological polar surface area (TPSA) is 169 Å². The third kappa shape index (κ3) is 16.3. The lowest BCUT2D eigenvalue weighted by Gasteiger charge is -2.15. The second kappa shape index (κ2) is 25.3. The zero-order valence-corrected chi connectivity index (χ0v) is 32.4. The maximum atomic E-state index is 13.0. The van der Waals surface area contributed by atoms with E-state index < -0.39 is 16.6 Å². The second-order valence-electron chi connectivity index (χ2n) is 13.7. The van der Waals surface area contributed by atoms with E-state index in [4.69, 9.17) is 22.5 Å². The number of carbonyl (C=O) groups is 5. The number of hydrogen-bond acceptors (Lipinski definition) is 10. The molecule has 298 valence electrons. The first-order valence-corrected chi connectivity index (χ1v) is 20.8. The number of hydrogen-bond donors (Lipinski definition) is 1. The molecule has 1 heterocycles. The summed E-state index contributed by atoms with van der Waals surface area (Å²) < 4.78 is 30.7. The lowest BCUT2D eigenvalue weighted by Crippen LogP contribution is -2.33. The largest absolute Gasteiger partial charge is 0.481 e. The van der Waals surface area contributed by atoms with Crippen LogP contribution in [0.5, 0.6) is 0 Å². The van der Waals surface area contributed by atoms with Crippen molar-refractivity contribution in [3.05, 3.63) is 59.2 Å². The summed E-state index contributed by atoms with van der Waals surface area (Å²) in [5, 5.41) is 8.32. The molecule has 1 N–H and O–H groups in total. The molecule has 4 rings (SSSR count). The third-order valence-corrected chi connectivity index (χ3v) is 10.9. The Bertz CT molecular complexity index is 1650. The predicted octanol–water partition coefficient (Wildman–Crippen LogP) is 7.90. The zero-order valence-electron chi connectivity index (χ0n) is 30.7. The van der Waals surface area contributed by atoms with Gasteiger partial charge in [0, 0.05) is 45.1 Å². The average Bonchev–Trinajstić information content (AvgIpc) is 3.56. The minimum absolute atomic E-state index is 0. The van der Waals surface area contributed by atoms with E-state index in [-0.39, 0.29) is 74.6 Å². The highest BCUT2D eigenvalue weighted by atomic mass is 32.2. The number of aliphatic carboxylic acids is 1. The summed E-state index contributed by atoms with van der Waals surface area (Å²) in [5.41, 5.74) is 5.23. The Hall–Kier alpha value is -3.84. The van der Waals surface area contributed by atoms with Crippen molar-refractivity contribution in [2.24, 2.45) is 0 Å². The first-order chi connectivity index (χ1) is 25.5. The van der Waals surface area contributed by atoms with E-state index in [9.17, 15) is 24.0 Å². The Morgan fingerprint density at radius 3 is 1.94 bits per heavy atom. The van der Waals surface area contributed by atoms with Crippen LogP contribution >= 0.6 is 11.8 Å². The fraction of sp³-hybridized carbons (Fsp3) is 0.585. The van der Waals surface area contributed by atoms with E-state index in [2.05, 4.69) is 12.1 Å². The van der Waals surface area contributed by atoms with Crippen molar-refractivity contribution >= 4 is 51.9 Å². The maximum Gasteiger partial charge on any atom is 0.425 e. The molecule has 2 unspecified atom stereocenters. The quantitative estimate of drug-likeness (QED) is 0.0623. The van der Waals surface area contributed by atoms with Gasteiger partial charge in [0.05, 0.1) is 5.25 Å². The zero-order chi connectivity index (χ0) is 38.6. The summed E-state index contributed by atoms with van der Waals surface area (Å²) in [4.78, 5) is 62.0. The molecule has 2 aromatic rings. The fourth-order valence-electron chi connectivity index (χ4n) is 6.97. The van der Waals surface area contributed by atoms with Crippen molar-refractivity contribution in [3.63, 3.8) is 0 Å². The average molecular weight is 788 g/mol. The van der Waals surface area contributed by atoms with E-state index in [0.29, 0.717) is 6.42 Å². The number of carboxylic acids is 1. The normalized spacial score (nSPS) is 15.5. The molecule has 0 spiro atoms. The van der Waals surface area contributed by atoms with E-state index in [1.807, 2.05) is 30.3 Å². The van der Waals surface area contributed by atoms with Crippen LogP contribution < -0.4 is 0 Å². The molecule has 2 amide bonds. The summed E-state index contributed by atoms with van der Waals surface area (Å²) in [6, 6.07) is 14.1. The molecule has 1 fully saturated rings. The van der Waals surface area contributed by atoms with Gasteiger partial charge in [-0.2, -0.15) is 0 Å². The number of ketones is 1. The van der Waals surface area contributed by atoms with Gasteiger partial charge in [-0.15, -0.1) is 24.4 Å². The number of thioether (sulfide) groups is 1. The Morgan fingerprint density at radius 1 is 0.796 bits per heavy atom. The number of fused-ring (bicyclic) bond motifs is 3. The molecule has 2 atom stereocenters. The fourth-order valence-corrected chi connectivity index (χ4v) is 8.15. The minimum atomic E-state index is -3.11. The standard InChI is InChI=1S/C40H53NO7S.CH4.O3S/c1-29(42)48-28-36-33-18-15-14-17-32(33)34-21-20-30(26-35(34)36)25-31(43)22-23-41-38(44)27-37(40(41)47)49-24-16-12-10-8-6-4-2-3-5-7-9-11-13-19-39(45)46;;1-4(2)3/h14-15,17-18,20-21,26,36-37H,2-13,16,19,22-25,27-28H2,1H3,(H,45,46);1H4;. The van der Waals surface area contributed by atoms with Gasteiger partial charge in [-0.3, -0.25) is 28.9 Å². The van der Waals surface area contributed by atoms with Gasteiger partial charge in [0.2, 0.25) is 11.8 Å². The number of Topliss-reactive ketones (excluding diaryl/α,β-unsaturated/α-hetero) is 1. The molecule has 54 heavy (non-hydrogen) atoms. The summed E-state index contributed by atoms with van der Waals surface area (Å²) >= 11 is 1.58. The lowest BCUT2D eigenvalue weighted by molar-refractivity contribution is -0.141. The first kappa shape index (κ1) is 46.3. The van der Waals surface area contributed by atoms with Crippen molar-refractivity contribution in [1.29, 1.82) is 0 Å². The Morgan fingerprint density at radius 2 is 1.35 bits per heavy atom. The van der Waals surface area contributed by atoms with Crippen LogP contribution in [0.1, 0.15) is 140 Å². The predicted molar refractivity (Wildman–Crippen MR) is 210 cm³/mol. The van der Waals surface area contributed by atoms with Crippen LogP contribution in [0.2, 0.25) is 0 Å². The number of esters is 1. The summed E-state index contributed by atoms with van der Waals surface area (Å²) in [7, 11) is -3.11. The van der Waals surface area contributed by atoms with Gasteiger partial charge >= 0.3 is 22.5 Å². The molecular formula is C41H57NO10S2. The highest BCUT2D eigenvalue weighted by Crippen LogP contribution is 2.45. The lowest BCUT2D eigenvalue weighted by atomic mass is 9.95. The first-order valence-electron chi connectivity index (χ1n) is 18.8. The Balaban J connectivity index is 0.00000192. The number of carboxylic acid groups (broad SMARTS) is 1. The maximum absolute atomic E-state index is 13.0. The van der Waals surface area contributed by atoms with Crippen molar-refractivity contribution < 1.29 is 46.4 Å². The summed E-state index contributed by atoms with van der Waals surface area (Å²) in [6.07, 6.45) is 15.9. The van der Waals surface area contributed by atoms with Gasteiger partial charge < -0.3 is 9.84 Å². The third-order valence-electron chi connectivity index (χ3n) is 9.64. The van der Waals surface area contributed by atoms with E-state index in [1.165, 1.54) is 63.2 Å². The molecule has 11 nitrogen and oxygen atoms in total. The molecular weight excluding hydrogens is 731 g/mol. The Labute approximate surface area is 326 Å². The number of nitrogens with zero attached hydrogens (tertiary/aromatic N) is 1. The number of likely N-dealkylation sites (tertiary alicyclic amines) is 1. The number of carbonyl (C=O) groups excluding carboxylic acids is 4. The molecule has 2 aliphatic rings. The van der Waals surface area contributed by atoms with Crippen LogP contribution in [-0.2, 0) is 45.7 Å². The molecule has 0 radical (unpaired) electrons. The number of ether oxygens (including phenoxy) is 1.